The lowest BCUT2D eigenvalue weighted by atomic mass is 10.2. The third-order valence-corrected chi connectivity index (χ3v) is 1.33. The van der Waals surface area contributed by atoms with Crippen LogP contribution in [0.3, 0.4) is 0 Å². The molecule has 0 unspecified atom stereocenters. The molecule has 0 saturated heterocycles. The number of anilines is 1. The van der Waals surface area contributed by atoms with Crippen LogP contribution in [0.25, 0.3) is 0 Å². The molecule has 0 spiro atoms. The van der Waals surface area contributed by atoms with Crippen LogP contribution in [0.1, 0.15) is 0 Å². The van der Waals surface area contributed by atoms with E-state index >= 15 is 0 Å². The van der Waals surface area contributed by atoms with Gasteiger partial charge in [-0.1, -0.05) is 0 Å². The summed E-state index contributed by atoms with van der Waals surface area (Å²) >= 11 is 0. The molecule has 0 aliphatic rings. The second-order valence-electron chi connectivity index (χ2n) is 2.21. The van der Waals surface area contributed by atoms with Crippen LogP contribution in [-0.2, 0) is 0 Å². The fraction of sp³-hybridized carbons (Fsp3) is 0. The van der Waals surface area contributed by atoms with Gasteiger partial charge in [0.25, 0.3) is 5.09 Å². The molecule has 0 saturated carbocycles. The zero-order valence-corrected chi connectivity index (χ0v) is 6.46. The number of hydrogen-bond donors (Lipinski definition) is 1. The van der Waals surface area contributed by atoms with Crippen molar-refractivity contribution < 1.29 is 23.1 Å². The maximum absolute atomic E-state index is 12.8. The third kappa shape index (κ3) is 1.68. The summed E-state index contributed by atoms with van der Waals surface area (Å²) in [7, 11) is 0. The van der Waals surface area contributed by atoms with Crippen LogP contribution in [-0.4, -0.2) is 5.09 Å². The van der Waals surface area contributed by atoms with E-state index in [-0.39, 0.29) is 6.07 Å². The van der Waals surface area contributed by atoms with Gasteiger partial charge in [-0.05, 0) is 0 Å². The smallest absolute Gasteiger partial charge is 0.299 e. The molecule has 0 atom stereocenters. The first kappa shape index (κ1) is 10.1. The van der Waals surface area contributed by atoms with E-state index < -0.39 is 34.0 Å². The molecule has 0 heterocycles. The van der Waals surface area contributed by atoms with Crippen molar-refractivity contribution in [3.63, 3.8) is 0 Å². The fourth-order valence-electron chi connectivity index (χ4n) is 0.745. The van der Waals surface area contributed by atoms with Gasteiger partial charge in [0.1, 0.15) is 5.69 Å². The Labute approximate surface area is 75.0 Å². The van der Waals surface area contributed by atoms with E-state index in [0.717, 1.165) is 0 Å². The molecule has 0 bridgehead atoms. The molecule has 1 aromatic rings. The van der Waals surface area contributed by atoms with Crippen molar-refractivity contribution in [2.75, 3.05) is 5.73 Å². The number of nitrogen functional groups attached to an aromatic ring is 1. The van der Waals surface area contributed by atoms with Crippen molar-refractivity contribution in [2.45, 2.75) is 0 Å². The Morgan fingerprint density at radius 2 is 1.93 bits per heavy atom. The fourth-order valence-corrected chi connectivity index (χ4v) is 0.745. The highest BCUT2D eigenvalue weighted by Crippen LogP contribution is 2.28. The van der Waals surface area contributed by atoms with Gasteiger partial charge in [-0.15, -0.1) is 10.1 Å². The maximum Gasteiger partial charge on any atom is 0.299 e. The minimum atomic E-state index is -1.64. The molecule has 0 aromatic heterocycles. The van der Waals surface area contributed by atoms with Gasteiger partial charge in [0, 0.05) is 6.07 Å². The molecule has 0 radical (unpaired) electrons. The molecule has 8 heteroatoms. The maximum atomic E-state index is 12.8. The molecule has 76 valence electrons. The van der Waals surface area contributed by atoms with Gasteiger partial charge in [-0.2, -0.15) is 0 Å². The number of benzene rings is 1. The summed E-state index contributed by atoms with van der Waals surface area (Å²) in [4.78, 5) is 13.3. The standard InChI is InChI=1S/C6H3F3N2O3/c7-2-1-3(8)6(14-11(12)13)4(9)5(2)10/h1H,10H2. The molecule has 1 rings (SSSR count). The number of halogens is 3. The average Bonchev–Trinajstić information content (AvgIpc) is 2.09. The first-order valence-electron chi connectivity index (χ1n) is 3.18. The number of nitrogens with two attached hydrogens (primary N) is 1. The number of nitrogens with zero attached hydrogens (tertiary/aromatic N) is 1. The molecule has 5 nitrogen and oxygen atoms in total. The number of rotatable bonds is 2. The second-order valence-corrected chi connectivity index (χ2v) is 2.21. The summed E-state index contributed by atoms with van der Waals surface area (Å²) in [5, 5.41) is 8.35. The lowest BCUT2D eigenvalue weighted by Crippen LogP contribution is -2.09. The van der Waals surface area contributed by atoms with Gasteiger partial charge < -0.3 is 5.73 Å². The zero-order valence-electron chi connectivity index (χ0n) is 6.46. The molecule has 2 N–H and O–H groups in total. The number of hydrogen-bond acceptors (Lipinski definition) is 4. The Balaban J connectivity index is 3.29. The van der Waals surface area contributed by atoms with Gasteiger partial charge in [0.15, 0.2) is 23.2 Å². The Morgan fingerprint density at radius 3 is 2.43 bits per heavy atom. The highest BCUT2D eigenvalue weighted by Gasteiger charge is 2.19. The highest BCUT2D eigenvalue weighted by atomic mass is 19.1. The highest BCUT2D eigenvalue weighted by molar-refractivity contribution is 5.48. The lowest BCUT2D eigenvalue weighted by Gasteiger charge is -2.04. The average molecular weight is 208 g/mol. The van der Waals surface area contributed by atoms with E-state index in [2.05, 4.69) is 4.84 Å². The molecule has 0 fully saturated rings. The van der Waals surface area contributed by atoms with Crippen LogP contribution >= 0.6 is 0 Å². The normalized spacial score (nSPS) is 9.93. The van der Waals surface area contributed by atoms with E-state index in [1.54, 1.807) is 0 Å². The van der Waals surface area contributed by atoms with Gasteiger partial charge in [-0.25, -0.2) is 13.2 Å². The molecule has 1 aromatic carbocycles. The van der Waals surface area contributed by atoms with Gasteiger partial charge in [0.2, 0.25) is 0 Å². The molecule has 0 amide bonds. The van der Waals surface area contributed by atoms with E-state index in [0.29, 0.717) is 0 Å². The molecular formula is C6H3F3N2O3. The first-order chi connectivity index (χ1) is 6.43. The molecular weight excluding hydrogens is 205 g/mol. The van der Waals surface area contributed by atoms with Crippen molar-refractivity contribution >= 4 is 5.69 Å². The summed E-state index contributed by atoms with van der Waals surface area (Å²) in [5.41, 5.74) is 3.77. The Morgan fingerprint density at radius 1 is 1.36 bits per heavy atom. The van der Waals surface area contributed by atoms with Gasteiger partial charge >= 0.3 is 0 Å². The van der Waals surface area contributed by atoms with Crippen LogP contribution in [0, 0.1) is 27.6 Å². The Kier molecular flexibility index (Phi) is 2.45. The predicted molar refractivity (Wildman–Crippen MR) is 38.4 cm³/mol. The summed E-state index contributed by atoms with van der Waals surface area (Å²) in [6.07, 6.45) is 0. The Bertz CT molecular complexity index is 396. The Hall–Kier alpha value is -1.99. The van der Waals surface area contributed by atoms with Crippen molar-refractivity contribution in [1.82, 2.24) is 0 Å². The minimum Gasteiger partial charge on any atom is -0.394 e. The van der Waals surface area contributed by atoms with E-state index in [1.807, 2.05) is 0 Å². The van der Waals surface area contributed by atoms with Crippen LogP contribution in [0.5, 0.6) is 5.75 Å². The third-order valence-electron chi connectivity index (χ3n) is 1.33. The summed E-state index contributed by atoms with van der Waals surface area (Å²) in [6.45, 7) is 0. The molecule has 0 aliphatic carbocycles. The summed E-state index contributed by atoms with van der Waals surface area (Å²) < 4.78 is 38.1. The van der Waals surface area contributed by atoms with Crippen molar-refractivity contribution in [1.29, 1.82) is 0 Å². The second kappa shape index (κ2) is 3.40. The van der Waals surface area contributed by atoms with Crippen molar-refractivity contribution in [3.05, 3.63) is 33.6 Å². The quantitative estimate of drug-likeness (QED) is 0.450. The molecule has 14 heavy (non-hydrogen) atoms. The summed E-state index contributed by atoms with van der Waals surface area (Å²) in [5.74, 6) is -5.87. The zero-order chi connectivity index (χ0) is 10.9. The SMILES string of the molecule is Nc1c(F)cc(F)c(O[N+](=O)[O-])c1F. The first-order valence-corrected chi connectivity index (χ1v) is 3.18. The van der Waals surface area contributed by atoms with E-state index in [9.17, 15) is 23.3 Å². The summed E-state index contributed by atoms with van der Waals surface area (Å²) in [6, 6.07) is 0.192. The minimum absolute atomic E-state index is 0.192. The van der Waals surface area contributed by atoms with Crippen molar-refractivity contribution in [3.8, 4) is 5.75 Å². The van der Waals surface area contributed by atoms with Crippen molar-refractivity contribution in [2.24, 2.45) is 0 Å². The van der Waals surface area contributed by atoms with Gasteiger partial charge in [0.05, 0.1) is 0 Å². The van der Waals surface area contributed by atoms with Crippen LogP contribution < -0.4 is 10.6 Å². The predicted octanol–water partition coefficient (Wildman–Crippen LogP) is 1.26. The van der Waals surface area contributed by atoms with Crippen LogP contribution in [0.2, 0.25) is 0 Å². The topological polar surface area (TPSA) is 78.4 Å². The molecule has 0 aliphatic heterocycles. The van der Waals surface area contributed by atoms with Crippen LogP contribution in [0.15, 0.2) is 6.07 Å². The lowest BCUT2D eigenvalue weighted by molar-refractivity contribution is -0.712. The van der Waals surface area contributed by atoms with Gasteiger partial charge in [-0.3, -0.25) is 4.84 Å². The van der Waals surface area contributed by atoms with E-state index in [1.165, 1.54) is 0 Å². The largest absolute Gasteiger partial charge is 0.394 e. The van der Waals surface area contributed by atoms with Crippen LogP contribution in [0.4, 0.5) is 18.9 Å². The monoisotopic (exact) mass is 208 g/mol. The van der Waals surface area contributed by atoms with E-state index in [4.69, 9.17) is 5.73 Å².